The van der Waals surface area contributed by atoms with E-state index in [1.54, 1.807) is 0 Å². The van der Waals surface area contributed by atoms with Crippen molar-refractivity contribution in [3.8, 4) is 0 Å². The van der Waals surface area contributed by atoms with Crippen LogP contribution < -0.4 is 5.73 Å². The minimum atomic E-state index is 0.251. The van der Waals surface area contributed by atoms with Gasteiger partial charge in [0, 0.05) is 17.7 Å². The molecule has 0 bridgehead atoms. The van der Waals surface area contributed by atoms with Crippen LogP contribution in [0.5, 0.6) is 0 Å². The van der Waals surface area contributed by atoms with Gasteiger partial charge in [0.2, 0.25) is 0 Å². The number of anilines is 1. The highest BCUT2D eigenvalue weighted by atomic mass is 15.2. The fourth-order valence-corrected chi connectivity index (χ4v) is 2.37. The van der Waals surface area contributed by atoms with Crippen LogP contribution in [0.25, 0.3) is 10.8 Å². The van der Waals surface area contributed by atoms with Gasteiger partial charge in [0.1, 0.15) is 5.82 Å². The third-order valence-electron chi connectivity index (χ3n) is 3.37. The number of aromatic amines is 1. The molecule has 2 aromatic carbocycles. The highest BCUT2D eigenvalue weighted by Gasteiger charge is 2.13. The first-order valence-electron chi connectivity index (χ1n) is 6.04. The van der Waals surface area contributed by atoms with Crippen molar-refractivity contribution in [2.75, 3.05) is 5.73 Å². The molecule has 1 heterocycles. The van der Waals surface area contributed by atoms with Gasteiger partial charge in [-0.1, -0.05) is 49.4 Å². The van der Waals surface area contributed by atoms with E-state index in [1.165, 1.54) is 16.3 Å². The molecule has 0 radical (unpaired) electrons. The predicted molar refractivity (Wildman–Crippen MR) is 74.5 cm³/mol. The lowest BCUT2D eigenvalue weighted by molar-refractivity contribution is 0.861. The van der Waals surface area contributed by atoms with Crippen LogP contribution in [0, 0.1) is 0 Å². The maximum Gasteiger partial charge on any atom is 0.145 e. The predicted octanol–water partition coefficient (Wildman–Crippen LogP) is 3.30. The largest absolute Gasteiger partial charge is 0.382 e. The summed E-state index contributed by atoms with van der Waals surface area (Å²) in [6.07, 6.45) is 0. The number of benzene rings is 2. The number of nitrogen functional groups attached to an aromatic ring is 1. The molecule has 0 aliphatic rings. The third kappa shape index (κ3) is 1.74. The molecule has 0 spiro atoms. The Balaban J connectivity index is 2.14. The van der Waals surface area contributed by atoms with Gasteiger partial charge in [-0.05, 0) is 16.3 Å². The van der Waals surface area contributed by atoms with Gasteiger partial charge in [-0.25, -0.2) is 0 Å². The Hall–Kier alpha value is -2.29. The summed E-state index contributed by atoms with van der Waals surface area (Å²) in [6.45, 7) is 2.16. The van der Waals surface area contributed by atoms with Crippen molar-refractivity contribution in [1.29, 1.82) is 0 Å². The molecule has 0 aliphatic carbocycles. The number of nitrogens with zero attached hydrogens (tertiary/aromatic N) is 1. The lowest BCUT2D eigenvalue weighted by Crippen LogP contribution is -1.97. The standard InChI is InChI=1S/C15H15N3/c1-10(14-9-15(16)18-17-14)12-8-4-6-11-5-2-3-7-13(11)12/h2-10H,1H3,(H3,16,17,18). The molecule has 0 saturated carbocycles. The molecule has 18 heavy (non-hydrogen) atoms. The summed E-state index contributed by atoms with van der Waals surface area (Å²) >= 11 is 0. The molecule has 3 aromatic rings. The monoisotopic (exact) mass is 237 g/mol. The van der Waals surface area contributed by atoms with Crippen LogP contribution in [-0.4, -0.2) is 10.2 Å². The van der Waals surface area contributed by atoms with E-state index in [0.29, 0.717) is 5.82 Å². The van der Waals surface area contributed by atoms with Crippen molar-refractivity contribution in [2.24, 2.45) is 0 Å². The van der Waals surface area contributed by atoms with Gasteiger partial charge in [-0.2, -0.15) is 5.10 Å². The number of H-pyrrole nitrogens is 1. The van der Waals surface area contributed by atoms with Crippen LogP contribution >= 0.6 is 0 Å². The average Bonchev–Trinajstić information content (AvgIpc) is 2.84. The summed E-state index contributed by atoms with van der Waals surface area (Å²) in [5.74, 6) is 0.790. The van der Waals surface area contributed by atoms with Crippen LogP contribution in [0.1, 0.15) is 24.1 Å². The average molecular weight is 237 g/mol. The van der Waals surface area contributed by atoms with Gasteiger partial charge >= 0.3 is 0 Å². The number of rotatable bonds is 2. The second-order valence-electron chi connectivity index (χ2n) is 4.54. The van der Waals surface area contributed by atoms with E-state index in [-0.39, 0.29) is 5.92 Å². The maximum atomic E-state index is 5.66. The zero-order valence-electron chi connectivity index (χ0n) is 10.2. The minimum Gasteiger partial charge on any atom is -0.382 e. The molecule has 1 aromatic heterocycles. The van der Waals surface area contributed by atoms with Gasteiger partial charge in [0.05, 0.1) is 0 Å². The van der Waals surface area contributed by atoms with E-state index >= 15 is 0 Å². The summed E-state index contributed by atoms with van der Waals surface area (Å²) in [6, 6.07) is 16.7. The molecule has 3 nitrogen and oxygen atoms in total. The first-order valence-corrected chi connectivity index (χ1v) is 6.04. The quantitative estimate of drug-likeness (QED) is 0.718. The van der Waals surface area contributed by atoms with Crippen LogP contribution in [-0.2, 0) is 0 Å². The van der Waals surface area contributed by atoms with Crippen LogP contribution in [0.3, 0.4) is 0 Å². The zero-order valence-corrected chi connectivity index (χ0v) is 10.2. The van der Waals surface area contributed by atoms with E-state index < -0.39 is 0 Å². The number of hydrogen-bond donors (Lipinski definition) is 2. The van der Waals surface area contributed by atoms with Crippen molar-refractivity contribution in [3.63, 3.8) is 0 Å². The van der Waals surface area contributed by atoms with Gasteiger partial charge in [0.15, 0.2) is 0 Å². The third-order valence-corrected chi connectivity index (χ3v) is 3.37. The Kier molecular flexibility index (Phi) is 2.52. The molecule has 90 valence electrons. The molecule has 3 rings (SSSR count). The molecule has 3 N–H and O–H groups in total. The van der Waals surface area contributed by atoms with E-state index in [1.807, 2.05) is 6.07 Å². The molecule has 1 unspecified atom stereocenters. The number of aromatic nitrogens is 2. The van der Waals surface area contributed by atoms with Gasteiger partial charge in [-0.3, -0.25) is 5.10 Å². The summed E-state index contributed by atoms with van der Waals surface area (Å²) in [4.78, 5) is 0. The van der Waals surface area contributed by atoms with Gasteiger partial charge in [0.25, 0.3) is 0 Å². The van der Waals surface area contributed by atoms with Crippen molar-refractivity contribution in [2.45, 2.75) is 12.8 Å². The first-order chi connectivity index (χ1) is 8.75. The molecular formula is C15H15N3. The van der Waals surface area contributed by atoms with E-state index in [4.69, 9.17) is 5.73 Å². The summed E-state index contributed by atoms with van der Waals surface area (Å²) in [5.41, 5.74) is 8.00. The molecule has 0 fully saturated rings. The fraction of sp³-hybridized carbons (Fsp3) is 0.133. The molecule has 3 heteroatoms. The van der Waals surface area contributed by atoms with E-state index in [0.717, 1.165) is 5.69 Å². The Morgan fingerprint density at radius 3 is 2.67 bits per heavy atom. The molecule has 0 aliphatic heterocycles. The van der Waals surface area contributed by atoms with E-state index in [9.17, 15) is 0 Å². The lowest BCUT2D eigenvalue weighted by Gasteiger charge is -2.12. The highest BCUT2D eigenvalue weighted by Crippen LogP contribution is 2.29. The fourth-order valence-electron chi connectivity index (χ4n) is 2.37. The number of fused-ring (bicyclic) bond motifs is 1. The van der Waals surface area contributed by atoms with Gasteiger partial charge < -0.3 is 5.73 Å². The molecular weight excluding hydrogens is 222 g/mol. The molecule has 0 amide bonds. The van der Waals surface area contributed by atoms with Crippen LogP contribution in [0.2, 0.25) is 0 Å². The van der Waals surface area contributed by atoms with Gasteiger partial charge in [-0.15, -0.1) is 0 Å². The molecule has 0 saturated heterocycles. The summed E-state index contributed by atoms with van der Waals surface area (Å²) < 4.78 is 0. The summed E-state index contributed by atoms with van der Waals surface area (Å²) in [5, 5.41) is 9.53. The molecule has 1 atom stereocenters. The zero-order chi connectivity index (χ0) is 12.5. The topological polar surface area (TPSA) is 54.7 Å². The van der Waals surface area contributed by atoms with Crippen molar-refractivity contribution >= 4 is 16.6 Å². The second-order valence-corrected chi connectivity index (χ2v) is 4.54. The second kappa shape index (κ2) is 4.18. The number of nitrogens with two attached hydrogens (primary N) is 1. The Morgan fingerprint density at radius 2 is 1.89 bits per heavy atom. The Morgan fingerprint density at radius 1 is 1.11 bits per heavy atom. The number of hydrogen-bond acceptors (Lipinski definition) is 2. The maximum absolute atomic E-state index is 5.66. The van der Waals surface area contributed by atoms with E-state index in [2.05, 4.69) is 59.6 Å². The highest BCUT2D eigenvalue weighted by molar-refractivity contribution is 5.86. The summed E-state index contributed by atoms with van der Waals surface area (Å²) in [7, 11) is 0. The minimum absolute atomic E-state index is 0.251. The first kappa shape index (κ1) is 10.8. The Labute approximate surface area is 106 Å². The Bertz CT molecular complexity index is 680. The van der Waals surface area contributed by atoms with Crippen molar-refractivity contribution in [3.05, 3.63) is 59.8 Å². The van der Waals surface area contributed by atoms with Crippen LogP contribution in [0.15, 0.2) is 48.5 Å². The van der Waals surface area contributed by atoms with Crippen LogP contribution in [0.4, 0.5) is 5.82 Å². The normalized spacial score (nSPS) is 12.7. The smallest absolute Gasteiger partial charge is 0.145 e. The lowest BCUT2D eigenvalue weighted by atomic mass is 9.92. The SMILES string of the molecule is CC(c1cc(N)n[nH]1)c1cccc2ccccc12. The van der Waals surface area contributed by atoms with Crippen molar-refractivity contribution < 1.29 is 0 Å². The number of nitrogens with one attached hydrogen (secondary N) is 1. The van der Waals surface area contributed by atoms with Crippen molar-refractivity contribution in [1.82, 2.24) is 10.2 Å².